The van der Waals surface area contributed by atoms with Gasteiger partial charge in [-0.25, -0.2) is 0 Å². The Morgan fingerprint density at radius 3 is 1.71 bits per heavy atom. The van der Waals surface area contributed by atoms with E-state index in [4.69, 9.17) is 0 Å². The van der Waals surface area contributed by atoms with Gasteiger partial charge in [-0.15, -0.1) is 0 Å². The van der Waals surface area contributed by atoms with Crippen molar-refractivity contribution in [2.45, 2.75) is 59.3 Å². The zero-order valence-corrected chi connectivity index (χ0v) is 21.0. The van der Waals surface area contributed by atoms with E-state index in [1.165, 1.54) is 11.4 Å². The number of alkyl halides is 1. The van der Waals surface area contributed by atoms with Crippen LogP contribution >= 0.6 is 22.6 Å². The largest absolute Gasteiger partial charge is 0.282 e. The summed E-state index contributed by atoms with van der Waals surface area (Å²) < 4.78 is 3.74. The number of aryl methyl sites for hydroxylation is 2. The predicted octanol–water partition coefficient (Wildman–Crippen LogP) is 5.67. The first-order valence-corrected chi connectivity index (χ1v) is 11.7. The summed E-state index contributed by atoms with van der Waals surface area (Å²) in [5.74, 6) is 1.70. The highest BCUT2D eigenvalue weighted by Crippen LogP contribution is 2.11. The van der Waals surface area contributed by atoms with Gasteiger partial charge in [0.2, 0.25) is 0 Å². The third-order valence-electron chi connectivity index (χ3n) is 3.92. The molecular formula is C21H37IN6. The summed E-state index contributed by atoms with van der Waals surface area (Å²) in [6.07, 6.45) is 5.57. The zero-order valence-electron chi connectivity index (χ0n) is 18.8. The average Bonchev–Trinajstić information content (AvgIpc) is 3.38. The number of hydrogen-bond donors (Lipinski definition) is 1. The Kier molecular flexibility index (Phi) is 13.5. The number of halogens is 1. The lowest BCUT2D eigenvalue weighted by atomic mass is 10.1. The molecule has 0 amide bonds. The minimum Gasteiger partial charge on any atom is -0.282 e. The summed E-state index contributed by atoms with van der Waals surface area (Å²) in [5.41, 5.74) is 3.65. The summed E-state index contributed by atoms with van der Waals surface area (Å²) in [5, 5.41) is 15.0. The van der Waals surface area contributed by atoms with Crippen LogP contribution in [0.3, 0.4) is 0 Å². The lowest BCUT2D eigenvalue weighted by Crippen LogP contribution is -1.98. The lowest BCUT2D eigenvalue weighted by molar-refractivity contribution is 0.669. The molecule has 0 bridgehead atoms. The molecule has 3 heterocycles. The van der Waals surface area contributed by atoms with E-state index in [1.807, 2.05) is 59.0 Å². The van der Waals surface area contributed by atoms with Gasteiger partial charge in [0.1, 0.15) is 0 Å². The van der Waals surface area contributed by atoms with Crippen molar-refractivity contribution in [2.24, 2.45) is 14.1 Å². The third kappa shape index (κ3) is 10.1. The molecule has 0 unspecified atom stereocenters. The second-order valence-electron chi connectivity index (χ2n) is 7.27. The normalized spacial score (nSPS) is 10.0. The maximum absolute atomic E-state index is 4.23. The van der Waals surface area contributed by atoms with Crippen LogP contribution in [0.2, 0.25) is 0 Å². The van der Waals surface area contributed by atoms with Crippen molar-refractivity contribution in [1.82, 2.24) is 29.8 Å². The van der Waals surface area contributed by atoms with Crippen molar-refractivity contribution >= 4 is 22.6 Å². The van der Waals surface area contributed by atoms with E-state index in [2.05, 4.69) is 84.5 Å². The van der Waals surface area contributed by atoms with Crippen molar-refractivity contribution in [1.29, 1.82) is 0 Å². The lowest BCUT2D eigenvalue weighted by Gasteiger charge is -2.02. The summed E-state index contributed by atoms with van der Waals surface area (Å²) in [6, 6.07) is 6.08. The van der Waals surface area contributed by atoms with Gasteiger partial charge in [0.25, 0.3) is 0 Å². The molecule has 0 atom stereocenters. The predicted molar refractivity (Wildman–Crippen MR) is 127 cm³/mol. The monoisotopic (exact) mass is 500 g/mol. The Balaban J connectivity index is 0.000000374. The van der Waals surface area contributed by atoms with Gasteiger partial charge in [-0.05, 0) is 40.9 Å². The van der Waals surface area contributed by atoms with Crippen molar-refractivity contribution in [2.75, 3.05) is 4.93 Å². The fourth-order valence-electron chi connectivity index (χ4n) is 2.28. The van der Waals surface area contributed by atoms with E-state index in [1.54, 1.807) is 6.20 Å². The average molecular weight is 500 g/mol. The van der Waals surface area contributed by atoms with E-state index >= 15 is 0 Å². The molecule has 0 radical (unpaired) electrons. The molecule has 0 aliphatic heterocycles. The minimum absolute atomic E-state index is 0.547. The maximum atomic E-state index is 4.23. The number of aromatic amines is 1. The Morgan fingerprint density at radius 2 is 1.50 bits per heavy atom. The molecule has 0 saturated heterocycles. The molecular weight excluding hydrogens is 463 g/mol. The molecule has 3 aromatic heterocycles. The highest BCUT2D eigenvalue weighted by atomic mass is 127. The molecule has 3 aromatic rings. The fourth-order valence-corrected chi connectivity index (χ4v) is 2.28. The molecule has 158 valence electrons. The molecule has 0 spiro atoms. The van der Waals surface area contributed by atoms with Crippen LogP contribution < -0.4 is 0 Å². The number of nitrogens with one attached hydrogen (secondary N) is 1. The third-order valence-corrected chi connectivity index (χ3v) is 3.92. The number of H-pyrrole nitrogens is 1. The highest BCUT2D eigenvalue weighted by molar-refractivity contribution is 14.1. The van der Waals surface area contributed by atoms with Crippen LogP contribution in [0.5, 0.6) is 0 Å². The van der Waals surface area contributed by atoms with E-state index in [0.717, 1.165) is 5.69 Å². The van der Waals surface area contributed by atoms with Gasteiger partial charge in [-0.3, -0.25) is 14.5 Å². The van der Waals surface area contributed by atoms with Gasteiger partial charge in [-0.2, -0.15) is 15.3 Å². The fraction of sp³-hybridized carbons (Fsp3) is 0.571. The standard InChI is InChI=1S/2C7H12N2.C6H10N2.CH3I/c1-6(2)7-4-5-9(3)8-7;1-6(2)7-4-5-8-9(7)3;1-5(2)6-3-4-7-8-6;1-2/h2*4-6H,1-3H3;3-5H,1-2H3,(H,7,8);1H3. The molecule has 0 aliphatic rings. The Bertz CT molecular complexity index is 726. The highest BCUT2D eigenvalue weighted by Gasteiger charge is 2.01. The van der Waals surface area contributed by atoms with Gasteiger partial charge in [0.15, 0.2) is 0 Å². The summed E-state index contributed by atoms with van der Waals surface area (Å²) in [4.78, 5) is 1.97. The molecule has 0 saturated carbocycles. The minimum atomic E-state index is 0.547. The van der Waals surface area contributed by atoms with Crippen molar-refractivity contribution in [3.8, 4) is 0 Å². The van der Waals surface area contributed by atoms with Gasteiger partial charge in [0.05, 0.1) is 5.69 Å². The molecule has 7 heteroatoms. The van der Waals surface area contributed by atoms with Crippen LogP contribution in [0, 0.1) is 0 Å². The molecule has 3 rings (SSSR count). The first-order chi connectivity index (χ1) is 13.2. The van der Waals surface area contributed by atoms with Crippen LogP contribution in [0.4, 0.5) is 0 Å². The van der Waals surface area contributed by atoms with Crippen LogP contribution in [-0.4, -0.2) is 34.7 Å². The number of hydrogen-bond acceptors (Lipinski definition) is 3. The second kappa shape index (κ2) is 14.4. The summed E-state index contributed by atoms with van der Waals surface area (Å²) in [7, 11) is 3.90. The first kappa shape index (κ1) is 26.4. The SMILES string of the molecule is CC(C)c1ccn(C)n1.CC(C)c1ccn[nH]1.CC(C)c1ccnn1C.CI. The smallest absolute Gasteiger partial charge is 0.0649 e. The van der Waals surface area contributed by atoms with E-state index in [-0.39, 0.29) is 0 Å². The summed E-state index contributed by atoms with van der Waals surface area (Å²) in [6.45, 7) is 12.9. The van der Waals surface area contributed by atoms with Crippen molar-refractivity contribution in [3.05, 3.63) is 53.9 Å². The van der Waals surface area contributed by atoms with Crippen LogP contribution in [0.25, 0.3) is 0 Å². The molecule has 0 fully saturated rings. The molecule has 1 N–H and O–H groups in total. The maximum Gasteiger partial charge on any atom is 0.0649 e. The van der Waals surface area contributed by atoms with E-state index < -0.39 is 0 Å². The topological polar surface area (TPSA) is 64.3 Å². The van der Waals surface area contributed by atoms with Crippen molar-refractivity contribution in [3.63, 3.8) is 0 Å². The molecule has 6 nitrogen and oxygen atoms in total. The Labute approximate surface area is 184 Å². The number of rotatable bonds is 3. The van der Waals surface area contributed by atoms with Gasteiger partial charge in [-0.1, -0.05) is 64.1 Å². The molecule has 28 heavy (non-hydrogen) atoms. The molecule has 0 aliphatic carbocycles. The summed E-state index contributed by atoms with van der Waals surface area (Å²) >= 11 is 2.15. The Hall–Kier alpha value is -1.64. The van der Waals surface area contributed by atoms with Crippen LogP contribution in [0.15, 0.2) is 36.8 Å². The molecule has 0 aromatic carbocycles. The van der Waals surface area contributed by atoms with E-state index in [0.29, 0.717) is 17.8 Å². The Morgan fingerprint density at radius 1 is 0.857 bits per heavy atom. The van der Waals surface area contributed by atoms with Crippen LogP contribution in [0.1, 0.15) is 76.4 Å². The zero-order chi connectivity index (χ0) is 21.7. The van der Waals surface area contributed by atoms with Gasteiger partial charge >= 0.3 is 0 Å². The van der Waals surface area contributed by atoms with Crippen molar-refractivity contribution < 1.29 is 0 Å². The second-order valence-corrected chi connectivity index (χ2v) is 7.27. The van der Waals surface area contributed by atoms with Crippen LogP contribution in [-0.2, 0) is 14.1 Å². The van der Waals surface area contributed by atoms with Gasteiger partial charge < -0.3 is 0 Å². The van der Waals surface area contributed by atoms with Gasteiger partial charge in [0, 0.05) is 44.1 Å². The number of nitrogens with zero attached hydrogens (tertiary/aromatic N) is 5. The quantitative estimate of drug-likeness (QED) is 0.372. The number of aromatic nitrogens is 6. The first-order valence-electron chi connectivity index (χ1n) is 9.56. The van der Waals surface area contributed by atoms with E-state index in [9.17, 15) is 0 Å².